The molecule has 21 heavy (non-hydrogen) atoms. The van der Waals surface area contributed by atoms with Gasteiger partial charge in [0.15, 0.2) is 0 Å². The second-order valence-electron chi connectivity index (χ2n) is 6.24. The third kappa shape index (κ3) is 4.07. The van der Waals surface area contributed by atoms with Gasteiger partial charge in [0.2, 0.25) is 5.91 Å². The summed E-state index contributed by atoms with van der Waals surface area (Å²) in [5.74, 6) is 0.304. The van der Waals surface area contributed by atoms with Gasteiger partial charge in [0.1, 0.15) is 0 Å². The summed E-state index contributed by atoms with van der Waals surface area (Å²) in [5.41, 5.74) is 1.16. The fourth-order valence-electron chi connectivity index (χ4n) is 3.21. The average molecular weight is 288 g/mol. The Morgan fingerprint density at radius 1 is 1.29 bits per heavy atom. The maximum absolute atomic E-state index is 12.9. The first kappa shape index (κ1) is 16.0. The molecule has 1 amide bonds. The van der Waals surface area contributed by atoms with E-state index in [2.05, 4.69) is 31.0 Å². The second kappa shape index (κ2) is 7.60. The van der Waals surface area contributed by atoms with Crippen LogP contribution in [0.3, 0.4) is 0 Å². The summed E-state index contributed by atoms with van der Waals surface area (Å²) in [4.78, 5) is 17.3. The molecule has 0 unspecified atom stereocenters. The van der Waals surface area contributed by atoms with Crippen LogP contribution in [0.2, 0.25) is 0 Å². The van der Waals surface area contributed by atoms with Crippen LogP contribution in [0.1, 0.15) is 44.1 Å². The van der Waals surface area contributed by atoms with Crippen molar-refractivity contribution in [1.29, 1.82) is 0 Å². The smallest absolute Gasteiger partial charge is 0.230 e. The molecule has 1 heterocycles. The van der Waals surface area contributed by atoms with E-state index < -0.39 is 0 Å². The zero-order chi connectivity index (χ0) is 15.2. The minimum atomic E-state index is 0.0147. The van der Waals surface area contributed by atoms with Crippen molar-refractivity contribution in [2.45, 2.75) is 44.6 Å². The first-order valence-electron chi connectivity index (χ1n) is 8.13. The first-order chi connectivity index (χ1) is 10.1. The minimum Gasteiger partial charge on any atom is -0.342 e. The number of rotatable bonds is 5. The van der Waals surface area contributed by atoms with Crippen molar-refractivity contribution < 1.29 is 4.79 Å². The quantitative estimate of drug-likeness (QED) is 0.831. The Morgan fingerprint density at radius 2 is 1.90 bits per heavy atom. The fraction of sp³-hybridized carbons (Fsp3) is 0.611. The number of piperidine rings is 1. The van der Waals surface area contributed by atoms with Crippen molar-refractivity contribution in [3.8, 4) is 0 Å². The number of carbonyl (C=O) groups is 1. The van der Waals surface area contributed by atoms with Crippen molar-refractivity contribution in [3.63, 3.8) is 0 Å². The van der Waals surface area contributed by atoms with Crippen molar-refractivity contribution in [2.75, 3.05) is 27.2 Å². The first-order valence-corrected chi connectivity index (χ1v) is 8.13. The molecule has 3 heteroatoms. The molecule has 1 saturated heterocycles. The van der Waals surface area contributed by atoms with Gasteiger partial charge in [-0.05, 0) is 45.0 Å². The van der Waals surface area contributed by atoms with E-state index in [9.17, 15) is 4.79 Å². The van der Waals surface area contributed by atoms with Crippen LogP contribution in [0.25, 0.3) is 0 Å². The Labute approximate surface area is 128 Å². The number of likely N-dealkylation sites (N-methyl/N-ethyl adjacent to an activating group) is 1. The molecule has 1 atom stereocenters. The monoisotopic (exact) mass is 288 g/mol. The van der Waals surface area contributed by atoms with E-state index in [1.165, 1.54) is 0 Å². The number of hydrogen-bond acceptors (Lipinski definition) is 2. The summed E-state index contributed by atoms with van der Waals surface area (Å²) in [6, 6.07) is 10.6. The highest BCUT2D eigenvalue weighted by atomic mass is 16.2. The molecule has 1 fully saturated rings. The molecular weight excluding hydrogens is 260 g/mol. The van der Waals surface area contributed by atoms with E-state index in [-0.39, 0.29) is 11.8 Å². The molecule has 0 bridgehead atoms. The Hall–Kier alpha value is -1.35. The lowest BCUT2D eigenvalue weighted by Gasteiger charge is -2.36. The third-order valence-corrected chi connectivity index (χ3v) is 4.66. The van der Waals surface area contributed by atoms with Gasteiger partial charge in [-0.15, -0.1) is 0 Å². The maximum atomic E-state index is 12.9. The van der Waals surface area contributed by atoms with E-state index in [0.29, 0.717) is 6.04 Å². The van der Waals surface area contributed by atoms with E-state index in [0.717, 1.165) is 44.3 Å². The average Bonchev–Trinajstić information content (AvgIpc) is 2.53. The van der Waals surface area contributed by atoms with Crippen molar-refractivity contribution in [1.82, 2.24) is 9.80 Å². The number of benzene rings is 1. The summed E-state index contributed by atoms with van der Waals surface area (Å²) >= 11 is 0. The van der Waals surface area contributed by atoms with Crippen molar-refractivity contribution in [3.05, 3.63) is 35.9 Å². The number of hydrogen-bond donors (Lipinski definition) is 0. The van der Waals surface area contributed by atoms with Crippen molar-refractivity contribution in [2.24, 2.45) is 0 Å². The molecule has 1 aromatic rings. The maximum Gasteiger partial charge on any atom is 0.230 e. The molecule has 0 radical (unpaired) electrons. The molecule has 0 aromatic heterocycles. The fourth-order valence-corrected chi connectivity index (χ4v) is 3.21. The molecule has 3 nitrogen and oxygen atoms in total. The predicted molar refractivity (Wildman–Crippen MR) is 87.4 cm³/mol. The van der Waals surface area contributed by atoms with Gasteiger partial charge >= 0.3 is 0 Å². The number of nitrogens with zero attached hydrogens (tertiary/aromatic N) is 2. The Kier molecular flexibility index (Phi) is 5.80. The van der Waals surface area contributed by atoms with Gasteiger partial charge in [-0.1, -0.05) is 43.7 Å². The van der Waals surface area contributed by atoms with Crippen LogP contribution < -0.4 is 0 Å². The lowest BCUT2D eigenvalue weighted by molar-refractivity contribution is -0.134. The number of carbonyl (C=O) groups excluding carboxylic acids is 1. The van der Waals surface area contributed by atoms with Crippen LogP contribution in [0, 0.1) is 0 Å². The largest absolute Gasteiger partial charge is 0.342 e. The molecule has 116 valence electrons. The normalized spacial score (nSPS) is 18.4. The van der Waals surface area contributed by atoms with E-state index in [4.69, 9.17) is 0 Å². The van der Waals surface area contributed by atoms with Gasteiger partial charge < -0.3 is 9.80 Å². The Balaban J connectivity index is 2.07. The van der Waals surface area contributed by atoms with Crippen LogP contribution in [0.5, 0.6) is 0 Å². The highest BCUT2D eigenvalue weighted by Gasteiger charge is 2.29. The van der Waals surface area contributed by atoms with Crippen LogP contribution in [-0.2, 0) is 4.79 Å². The van der Waals surface area contributed by atoms with Gasteiger partial charge in [-0.25, -0.2) is 0 Å². The topological polar surface area (TPSA) is 23.6 Å². The van der Waals surface area contributed by atoms with Gasteiger partial charge in [0, 0.05) is 13.1 Å². The summed E-state index contributed by atoms with van der Waals surface area (Å²) in [6.07, 6.45) is 4.14. The zero-order valence-electron chi connectivity index (χ0n) is 13.6. The highest BCUT2D eigenvalue weighted by Crippen LogP contribution is 2.26. The molecule has 2 rings (SSSR count). The molecule has 0 aliphatic carbocycles. The van der Waals surface area contributed by atoms with E-state index >= 15 is 0 Å². The Bertz CT molecular complexity index is 438. The lowest BCUT2D eigenvalue weighted by Crippen LogP contribution is -2.46. The summed E-state index contributed by atoms with van der Waals surface area (Å²) in [5, 5.41) is 0. The molecule has 1 aliphatic heterocycles. The number of amides is 1. The highest BCUT2D eigenvalue weighted by molar-refractivity contribution is 5.83. The molecular formula is C18H28N2O. The van der Waals surface area contributed by atoms with E-state index in [1.807, 2.05) is 30.1 Å². The summed E-state index contributed by atoms with van der Waals surface area (Å²) in [6.45, 7) is 4.33. The molecule has 1 aromatic carbocycles. The minimum absolute atomic E-state index is 0.0147. The van der Waals surface area contributed by atoms with Gasteiger partial charge in [-0.2, -0.15) is 0 Å². The standard InChI is InChI=1S/C18H28N2O/c1-4-8-17(15-9-6-5-7-10-15)18(21)20(3)16-11-13-19(2)14-12-16/h5-7,9-10,16-17H,4,8,11-14H2,1-3H3/t17-/m1/s1. The van der Waals surface area contributed by atoms with Crippen LogP contribution in [0.4, 0.5) is 0 Å². The van der Waals surface area contributed by atoms with Gasteiger partial charge in [-0.3, -0.25) is 4.79 Å². The number of likely N-dealkylation sites (tertiary alicyclic amines) is 1. The SMILES string of the molecule is CCC[C@@H](C(=O)N(C)C1CCN(C)CC1)c1ccccc1. The molecule has 0 N–H and O–H groups in total. The van der Waals surface area contributed by atoms with Crippen molar-refractivity contribution >= 4 is 5.91 Å². The lowest BCUT2D eigenvalue weighted by atomic mass is 9.92. The Morgan fingerprint density at radius 3 is 2.48 bits per heavy atom. The molecule has 0 spiro atoms. The summed E-state index contributed by atoms with van der Waals surface area (Å²) in [7, 11) is 4.14. The van der Waals surface area contributed by atoms with Gasteiger partial charge in [0.05, 0.1) is 5.92 Å². The zero-order valence-corrected chi connectivity index (χ0v) is 13.6. The van der Waals surface area contributed by atoms with E-state index in [1.54, 1.807) is 0 Å². The van der Waals surface area contributed by atoms with Gasteiger partial charge in [0.25, 0.3) is 0 Å². The molecule has 1 aliphatic rings. The summed E-state index contributed by atoms with van der Waals surface area (Å²) < 4.78 is 0. The van der Waals surface area contributed by atoms with Crippen LogP contribution >= 0.6 is 0 Å². The van der Waals surface area contributed by atoms with Crippen LogP contribution in [0.15, 0.2) is 30.3 Å². The third-order valence-electron chi connectivity index (χ3n) is 4.66. The van der Waals surface area contributed by atoms with Crippen LogP contribution in [-0.4, -0.2) is 48.9 Å². The predicted octanol–water partition coefficient (Wildman–Crippen LogP) is 3.12. The molecule has 0 saturated carbocycles. The second-order valence-corrected chi connectivity index (χ2v) is 6.24.